The average molecular weight is 516 g/mol. The fraction of sp³-hybridized carbons (Fsp3) is 0.393. The van der Waals surface area contributed by atoms with E-state index in [9.17, 15) is 4.79 Å². The molecule has 8 nitrogen and oxygen atoms in total. The van der Waals surface area contributed by atoms with Crippen LogP contribution in [0.4, 0.5) is 5.69 Å². The minimum absolute atomic E-state index is 0.0338. The summed E-state index contributed by atoms with van der Waals surface area (Å²) in [5.41, 5.74) is 5.29. The van der Waals surface area contributed by atoms with Gasteiger partial charge in [0.1, 0.15) is 5.69 Å². The van der Waals surface area contributed by atoms with Crippen LogP contribution in [0.5, 0.6) is 0 Å². The molecule has 1 fully saturated rings. The highest BCUT2D eigenvalue weighted by Gasteiger charge is 2.20. The molecule has 5 rings (SSSR count). The Bertz CT molecular complexity index is 1410. The quantitative estimate of drug-likeness (QED) is 0.348. The number of ketones is 1. The maximum atomic E-state index is 13.0. The van der Waals surface area contributed by atoms with Gasteiger partial charge in [-0.25, -0.2) is 4.68 Å². The van der Waals surface area contributed by atoms with Gasteiger partial charge in [0.15, 0.2) is 5.78 Å². The van der Waals surface area contributed by atoms with Gasteiger partial charge in [0.05, 0.1) is 34.3 Å². The first-order chi connectivity index (χ1) is 17.7. The van der Waals surface area contributed by atoms with E-state index < -0.39 is 0 Å². The summed E-state index contributed by atoms with van der Waals surface area (Å²) in [4.78, 5) is 28.7. The Morgan fingerprint density at radius 2 is 1.84 bits per heavy atom. The maximum absolute atomic E-state index is 13.0. The predicted octanol–water partition coefficient (Wildman–Crippen LogP) is 4.57. The number of nitrogens with zero attached hydrogens (tertiary/aromatic N) is 7. The fourth-order valence-electron chi connectivity index (χ4n) is 4.37. The third kappa shape index (κ3) is 5.62. The summed E-state index contributed by atoms with van der Waals surface area (Å²) in [6, 6.07) is 8.10. The predicted molar refractivity (Wildman–Crippen MR) is 148 cm³/mol. The lowest BCUT2D eigenvalue weighted by atomic mass is 9.95. The highest BCUT2D eigenvalue weighted by Crippen LogP contribution is 2.30. The zero-order valence-electron chi connectivity index (χ0n) is 22.1. The molecule has 37 heavy (non-hydrogen) atoms. The number of hydrogen-bond donors (Lipinski definition) is 0. The highest BCUT2D eigenvalue weighted by atomic mass is 32.1. The Morgan fingerprint density at radius 3 is 2.57 bits per heavy atom. The summed E-state index contributed by atoms with van der Waals surface area (Å²) in [7, 11) is 2.15. The molecule has 0 atom stereocenters. The first kappa shape index (κ1) is 25.2. The van der Waals surface area contributed by atoms with Crippen LogP contribution in [0, 0.1) is 6.92 Å². The van der Waals surface area contributed by atoms with E-state index in [-0.39, 0.29) is 11.2 Å². The lowest BCUT2D eigenvalue weighted by molar-refractivity contribution is 0.0996. The van der Waals surface area contributed by atoms with Gasteiger partial charge >= 0.3 is 0 Å². The van der Waals surface area contributed by atoms with Crippen molar-refractivity contribution in [3.05, 3.63) is 70.1 Å². The number of rotatable bonds is 6. The average Bonchev–Trinajstić information content (AvgIpc) is 3.56. The first-order valence-electron chi connectivity index (χ1n) is 12.6. The largest absolute Gasteiger partial charge is 0.368 e. The van der Waals surface area contributed by atoms with Crippen molar-refractivity contribution >= 4 is 22.8 Å². The molecule has 192 valence electrons. The Kier molecular flexibility index (Phi) is 6.92. The van der Waals surface area contributed by atoms with Crippen LogP contribution < -0.4 is 4.90 Å². The number of anilines is 1. The summed E-state index contributed by atoms with van der Waals surface area (Å²) in [6.45, 7) is 12.5. The van der Waals surface area contributed by atoms with Crippen LogP contribution in [-0.4, -0.2) is 68.9 Å². The molecule has 0 saturated carbocycles. The normalized spacial score (nSPS) is 14.8. The first-order valence-corrected chi connectivity index (χ1v) is 13.4. The van der Waals surface area contributed by atoms with E-state index in [2.05, 4.69) is 70.0 Å². The molecule has 0 N–H and O–H groups in total. The van der Waals surface area contributed by atoms with E-state index in [0.717, 1.165) is 64.9 Å². The van der Waals surface area contributed by atoms with Crippen LogP contribution in [0.3, 0.4) is 0 Å². The van der Waals surface area contributed by atoms with Gasteiger partial charge in [-0.05, 0) is 49.2 Å². The molecule has 1 aliphatic heterocycles. The second-order valence-corrected chi connectivity index (χ2v) is 11.8. The summed E-state index contributed by atoms with van der Waals surface area (Å²) >= 11 is 1.57. The van der Waals surface area contributed by atoms with Crippen molar-refractivity contribution in [3.63, 3.8) is 0 Å². The minimum Gasteiger partial charge on any atom is -0.368 e. The molecule has 1 aliphatic rings. The van der Waals surface area contributed by atoms with Gasteiger partial charge in [-0.2, -0.15) is 0 Å². The number of carbonyl (C=O) groups is 1. The monoisotopic (exact) mass is 515 g/mol. The van der Waals surface area contributed by atoms with Crippen molar-refractivity contribution < 1.29 is 4.79 Å². The third-order valence-electron chi connectivity index (χ3n) is 6.73. The minimum atomic E-state index is 0.0338. The molecule has 0 aromatic carbocycles. The van der Waals surface area contributed by atoms with Crippen LogP contribution in [-0.2, 0) is 11.8 Å². The Balaban J connectivity index is 1.35. The summed E-state index contributed by atoms with van der Waals surface area (Å²) < 4.78 is 1.73. The number of carbonyl (C=O) groups excluding carboxylic acids is 1. The number of aromatic nitrogens is 5. The topological polar surface area (TPSA) is 80.0 Å². The van der Waals surface area contributed by atoms with Gasteiger partial charge in [-0.15, -0.1) is 16.4 Å². The van der Waals surface area contributed by atoms with E-state index in [0.29, 0.717) is 6.42 Å². The smallest absolute Gasteiger partial charge is 0.177 e. The maximum Gasteiger partial charge on any atom is 0.177 e. The number of likely N-dealkylation sites (N-methyl/N-ethyl adjacent to an activating group) is 1. The van der Waals surface area contributed by atoms with Crippen LogP contribution in [0.2, 0.25) is 0 Å². The van der Waals surface area contributed by atoms with Crippen molar-refractivity contribution in [1.29, 1.82) is 0 Å². The van der Waals surface area contributed by atoms with Crippen LogP contribution in [0.15, 0.2) is 49.1 Å². The fourth-order valence-corrected chi connectivity index (χ4v) is 5.38. The zero-order chi connectivity index (χ0) is 26.2. The van der Waals surface area contributed by atoms with Gasteiger partial charge in [-0.3, -0.25) is 14.8 Å². The Morgan fingerprint density at radius 1 is 1.05 bits per heavy atom. The van der Waals surface area contributed by atoms with Crippen LogP contribution in [0.25, 0.3) is 16.9 Å². The van der Waals surface area contributed by atoms with Crippen molar-refractivity contribution in [3.8, 4) is 16.9 Å². The molecular weight excluding hydrogens is 482 g/mol. The van der Waals surface area contributed by atoms with E-state index in [1.165, 1.54) is 4.88 Å². The number of aryl methyl sites for hydroxylation is 1. The summed E-state index contributed by atoms with van der Waals surface area (Å²) in [5.74, 6) is 0.100. The zero-order valence-corrected chi connectivity index (χ0v) is 22.9. The number of pyridine rings is 2. The van der Waals surface area contributed by atoms with Gasteiger partial charge in [-0.1, -0.05) is 26.0 Å². The second-order valence-electron chi connectivity index (χ2n) is 10.7. The summed E-state index contributed by atoms with van der Waals surface area (Å²) in [5, 5.41) is 8.80. The molecule has 9 heteroatoms. The molecule has 4 aromatic rings. The molecule has 4 aromatic heterocycles. The van der Waals surface area contributed by atoms with E-state index >= 15 is 0 Å². The van der Waals surface area contributed by atoms with Gasteiger partial charge in [0.25, 0.3) is 0 Å². The van der Waals surface area contributed by atoms with E-state index in [4.69, 9.17) is 0 Å². The number of thiophene rings is 1. The van der Waals surface area contributed by atoms with Gasteiger partial charge in [0.2, 0.25) is 0 Å². The second kappa shape index (κ2) is 10.1. The van der Waals surface area contributed by atoms with Crippen molar-refractivity contribution in [1.82, 2.24) is 29.9 Å². The molecule has 0 amide bonds. The molecule has 0 unspecified atom stereocenters. The molecule has 0 radical (unpaired) electrons. The number of hydrogen-bond acceptors (Lipinski definition) is 8. The van der Waals surface area contributed by atoms with E-state index in [1.807, 2.05) is 37.6 Å². The molecule has 0 aliphatic carbocycles. The van der Waals surface area contributed by atoms with Crippen molar-refractivity contribution in [2.45, 2.75) is 39.5 Å². The van der Waals surface area contributed by atoms with Crippen molar-refractivity contribution in [2.75, 3.05) is 38.1 Å². The molecule has 5 heterocycles. The van der Waals surface area contributed by atoms with Crippen LogP contribution in [0.1, 0.15) is 46.6 Å². The standard InChI is InChI=1S/C28H33N7OS/c1-19-24(12-20(15-30-19)13-25(36)26-6-7-27(37-26)28(2,3)4)35-18-23(31-32-35)21-14-22(17-29-16-21)34-10-8-33(5)9-11-34/h6-7,12,14-18H,8-11,13H2,1-5H3. The molecular formula is C28H33N7OS. The van der Waals surface area contributed by atoms with Crippen LogP contribution >= 0.6 is 11.3 Å². The number of piperazine rings is 1. The SMILES string of the molecule is Cc1ncc(CC(=O)c2ccc(C(C)(C)C)s2)cc1-n1cc(-c2cncc(N3CCN(C)CC3)c2)nn1. The third-order valence-corrected chi connectivity index (χ3v) is 8.28. The lowest BCUT2D eigenvalue weighted by Gasteiger charge is -2.33. The summed E-state index contributed by atoms with van der Waals surface area (Å²) in [6.07, 6.45) is 7.70. The van der Waals surface area contributed by atoms with Crippen molar-refractivity contribution in [2.24, 2.45) is 0 Å². The van der Waals surface area contributed by atoms with E-state index in [1.54, 1.807) is 22.2 Å². The lowest BCUT2D eigenvalue weighted by Crippen LogP contribution is -2.44. The molecule has 0 bridgehead atoms. The Labute approximate surface area is 222 Å². The number of Topliss-reactive ketones (excluding diaryl/α,β-unsaturated/α-hetero) is 1. The molecule has 1 saturated heterocycles. The Hall–Kier alpha value is -3.43. The van der Waals surface area contributed by atoms with Gasteiger partial charge in [0, 0.05) is 55.4 Å². The highest BCUT2D eigenvalue weighted by molar-refractivity contribution is 7.14. The molecule has 0 spiro atoms. The van der Waals surface area contributed by atoms with Gasteiger partial charge < -0.3 is 9.80 Å².